The number of nitriles is 1. The lowest BCUT2D eigenvalue weighted by Gasteiger charge is -2.43. The number of nitrogens with zero attached hydrogens (tertiary/aromatic N) is 4. The van der Waals surface area contributed by atoms with E-state index in [1.807, 2.05) is 18.0 Å². The number of rotatable bonds is 6. The summed E-state index contributed by atoms with van der Waals surface area (Å²) < 4.78 is 60.8. The van der Waals surface area contributed by atoms with Gasteiger partial charge in [-0.15, -0.1) is 0 Å². The van der Waals surface area contributed by atoms with Crippen LogP contribution in [0.15, 0.2) is 54.7 Å². The van der Waals surface area contributed by atoms with Crippen LogP contribution in [-0.2, 0) is 11.7 Å². The van der Waals surface area contributed by atoms with Crippen LogP contribution in [0, 0.1) is 17.1 Å². The number of hydrogen-bond acceptors (Lipinski definition) is 6. The number of carbonyl (C=O) groups excluding carboxylic acids is 1. The van der Waals surface area contributed by atoms with Crippen molar-refractivity contribution in [1.82, 2.24) is 20.5 Å². The molecule has 12 heteroatoms. The monoisotopic (exact) mass is 596 g/mol. The molecule has 0 unspecified atom stereocenters. The van der Waals surface area contributed by atoms with Crippen molar-refractivity contribution in [3.63, 3.8) is 0 Å². The van der Waals surface area contributed by atoms with E-state index in [9.17, 15) is 23.2 Å². The van der Waals surface area contributed by atoms with Crippen molar-refractivity contribution < 1.29 is 27.1 Å². The van der Waals surface area contributed by atoms with Gasteiger partial charge in [-0.3, -0.25) is 4.98 Å². The standard InChI is InChI=1S/C31H32F4N6O2/c1-40-12-9-23(19-40)38-29(42)39-30(22-16-25(32)28(37-18-22)24-5-3-4-6-27(24)43-2)10-13-41(14-11-30)26-8-7-21(31(33,34)35)15-20(26)17-36/h3-8,15-16,18,23H,9-14,19H2,1-2H3,(H2,38,39,42)/t23-/m1/s1. The first-order valence-electron chi connectivity index (χ1n) is 14.0. The van der Waals surface area contributed by atoms with Gasteiger partial charge in [-0.1, -0.05) is 12.1 Å². The molecule has 43 heavy (non-hydrogen) atoms. The van der Waals surface area contributed by atoms with E-state index in [0.29, 0.717) is 55.0 Å². The highest BCUT2D eigenvalue weighted by Crippen LogP contribution is 2.39. The molecule has 8 nitrogen and oxygen atoms in total. The Morgan fingerprint density at radius 3 is 2.51 bits per heavy atom. The zero-order chi connectivity index (χ0) is 30.8. The van der Waals surface area contributed by atoms with Crippen LogP contribution in [0.1, 0.15) is 36.0 Å². The Morgan fingerprint density at radius 2 is 1.88 bits per heavy atom. The number of amides is 2. The highest BCUT2D eigenvalue weighted by atomic mass is 19.4. The largest absolute Gasteiger partial charge is 0.496 e. The molecule has 2 amide bonds. The topological polar surface area (TPSA) is 93.5 Å². The Bertz CT molecular complexity index is 1530. The van der Waals surface area contributed by atoms with E-state index in [1.165, 1.54) is 19.2 Å². The molecule has 0 spiro atoms. The van der Waals surface area contributed by atoms with Crippen molar-refractivity contribution in [3.05, 3.63) is 77.2 Å². The third kappa shape index (κ3) is 6.37. The molecular formula is C31H32F4N6O2. The Labute approximate surface area is 247 Å². The SMILES string of the molecule is COc1ccccc1-c1ncc(C2(NC(=O)N[C@@H]3CCN(C)C3)CCN(c3ccc(C(F)(F)F)cc3C#N)CC2)cc1F. The molecule has 1 atom stereocenters. The molecule has 0 radical (unpaired) electrons. The molecule has 2 aliphatic heterocycles. The molecule has 3 heterocycles. The van der Waals surface area contributed by atoms with E-state index in [2.05, 4.69) is 20.5 Å². The second kappa shape index (κ2) is 12.1. The maximum absolute atomic E-state index is 15.7. The summed E-state index contributed by atoms with van der Waals surface area (Å²) in [6, 6.07) is 12.9. The van der Waals surface area contributed by atoms with Crippen LogP contribution >= 0.6 is 0 Å². The van der Waals surface area contributed by atoms with E-state index < -0.39 is 29.1 Å². The number of ether oxygens (including phenoxy) is 1. The molecule has 2 aromatic carbocycles. The molecule has 0 saturated carbocycles. The fraction of sp³-hybridized carbons (Fsp3) is 0.387. The molecule has 0 bridgehead atoms. The number of alkyl halides is 3. The lowest BCUT2D eigenvalue weighted by molar-refractivity contribution is -0.137. The quantitative estimate of drug-likeness (QED) is 0.376. The van der Waals surface area contributed by atoms with E-state index in [1.54, 1.807) is 30.5 Å². The molecule has 3 aromatic rings. The van der Waals surface area contributed by atoms with Crippen molar-refractivity contribution in [2.24, 2.45) is 0 Å². The Kier molecular flexibility index (Phi) is 8.46. The number of carbonyl (C=O) groups is 1. The van der Waals surface area contributed by atoms with Gasteiger partial charge in [0.1, 0.15) is 23.3 Å². The number of methoxy groups -OCH3 is 1. The Balaban J connectivity index is 1.44. The van der Waals surface area contributed by atoms with Gasteiger partial charge >= 0.3 is 12.2 Å². The summed E-state index contributed by atoms with van der Waals surface area (Å²) in [4.78, 5) is 21.6. The van der Waals surface area contributed by atoms with Gasteiger partial charge in [0.25, 0.3) is 0 Å². The summed E-state index contributed by atoms with van der Waals surface area (Å²) in [5, 5.41) is 15.7. The van der Waals surface area contributed by atoms with E-state index in [0.717, 1.165) is 25.1 Å². The number of para-hydroxylation sites is 1. The highest BCUT2D eigenvalue weighted by Gasteiger charge is 2.40. The maximum Gasteiger partial charge on any atom is 0.416 e. The van der Waals surface area contributed by atoms with Crippen LogP contribution in [0.4, 0.5) is 28.0 Å². The smallest absolute Gasteiger partial charge is 0.416 e. The second-order valence-electron chi connectivity index (χ2n) is 11.0. The average Bonchev–Trinajstić information content (AvgIpc) is 3.40. The van der Waals surface area contributed by atoms with E-state index in [-0.39, 0.29) is 17.3 Å². The van der Waals surface area contributed by atoms with Gasteiger partial charge in [0, 0.05) is 37.4 Å². The van der Waals surface area contributed by atoms with Crippen molar-refractivity contribution in [2.45, 2.75) is 37.0 Å². The normalized spacial score (nSPS) is 18.6. The number of benzene rings is 2. The van der Waals surface area contributed by atoms with Crippen LogP contribution < -0.4 is 20.3 Å². The van der Waals surface area contributed by atoms with Crippen LogP contribution in [0.5, 0.6) is 5.75 Å². The molecule has 1 aromatic heterocycles. The zero-order valence-electron chi connectivity index (χ0n) is 23.8. The molecule has 2 saturated heterocycles. The van der Waals surface area contributed by atoms with Gasteiger partial charge in [-0.25, -0.2) is 9.18 Å². The average molecular weight is 597 g/mol. The first-order chi connectivity index (χ1) is 20.5. The third-order valence-electron chi connectivity index (χ3n) is 8.24. The van der Waals surface area contributed by atoms with Crippen LogP contribution in [0.3, 0.4) is 0 Å². The summed E-state index contributed by atoms with van der Waals surface area (Å²) in [5.41, 5.74) is -0.569. The highest BCUT2D eigenvalue weighted by molar-refractivity contribution is 5.76. The number of likely N-dealkylation sites (N-methyl/N-ethyl adjacent to an activating group) is 1. The van der Waals surface area contributed by atoms with Gasteiger partial charge in [0.2, 0.25) is 0 Å². The van der Waals surface area contributed by atoms with Crippen LogP contribution in [0.25, 0.3) is 11.3 Å². The number of anilines is 1. The lowest BCUT2D eigenvalue weighted by atomic mass is 9.81. The second-order valence-corrected chi connectivity index (χ2v) is 11.0. The number of hydrogen-bond donors (Lipinski definition) is 2. The van der Waals surface area contributed by atoms with Gasteiger partial charge in [-0.05, 0) is 74.8 Å². The number of nitrogens with one attached hydrogen (secondary N) is 2. The van der Waals surface area contributed by atoms with Crippen molar-refractivity contribution in [1.29, 1.82) is 5.26 Å². The van der Waals surface area contributed by atoms with Crippen molar-refractivity contribution in [2.75, 3.05) is 45.2 Å². The van der Waals surface area contributed by atoms with Crippen LogP contribution in [-0.4, -0.2) is 62.3 Å². The lowest BCUT2D eigenvalue weighted by Crippen LogP contribution is -2.57. The number of halogens is 4. The molecule has 2 N–H and O–H groups in total. The molecule has 2 fully saturated rings. The third-order valence-corrected chi connectivity index (χ3v) is 8.24. The van der Waals surface area contributed by atoms with Crippen molar-refractivity contribution >= 4 is 11.7 Å². The molecular weight excluding hydrogens is 564 g/mol. The molecule has 0 aliphatic carbocycles. The summed E-state index contributed by atoms with van der Waals surface area (Å²) in [6.07, 6.45) is -1.63. The first-order valence-corrected chi connectivity index (χ1v) is 14.0. The number of pyridine rings is 1. The molecule has 226 valence electrons. The minimum absolute atomic E-state index is 0.0322. The first kappa shape index (κ1) is 30.1. The summed E-state index contributed by atoms with van der Waals surface area (Å²) in [6.45, 7) is 2.16. The fourth-order valence-corrected chi connectivity index (χ4v) is 5.92. The van der Waals surface area contributed by atoms with E-state index >= 15 is 4.39 Å². The minimum atomic E-state index is -4.57. The maximum atomic E-state index is 15.7. The van der Waals surface area contributed by atoms with Gasteiger partial charge < -0.3 is 25.2 Å². The van der Waals surface area contributed by atoms with Gasteiger partial charge in [-0.2, -0.15) is 18.4 Å². The number of aromatic nitrogens is 1. The van der Waals surface area contributed by atoms with Gasteiger partial charge in [0.15, 0.2) is 0 Å². The number of likely N-dealkylation sites (tertiary alicyclic amines) is 1. The summed E-state index contributed by atoms with van der Waals surface area (Å²) in [5.74, 6) is -0.119. The van der Waals surface area contributed by atoms with E-state index in [4.69, 9.17) is 4.74 Å². The fourth-order valence-electron chi connectivity index (χ4n) is 5.92. The predicted octanol–water partition coefficient (Wildman–Crippen LogP) is 5.29. The molecule has 5 rings (SSSR count). The summed E-state index contributed by atoms with van der Waals surface area (Å²) in [7, 11) is 3.47. The number of urea groups is 1. The van der Waals surface area contributed by atoms with Crippen molar-refractivity contribution in [3.8, 4) is 23.1 Å². The zero-order valence-corrected chi connectivity index (χ0v) is 23.8. The predicted molar refractivity (Wildman–Crippen MR) is 153 cm³/mol. The Morgan fingerprint density at radius 1 is 1.14 bits per heavy atom. The van der Waals surface area contributed by atoms with Gasteiger partial charge in [0.05, 0.1) is 29.5 Å². The minimum Gasteiger partial charge on any atom is -0.496 e. The molecule has 2 aliphatic rings. The van der Waals surface area contributed by atoms with Crippen LogP contribution in [0.2, 0.25) is 0 Å². The Hall–Kier alpha value is -4.37. The number of piperidine rings is 1. The summed E-state index contributed by atoms with van der Waals surface area (Å²) >= 11 is 0.